The molecule has 0 saturated carbocycles. The lowest BCUT2D eigenvalue weighted by molar-refractivity contribution is -0.117. The highest BCUT2D eigenvalue weighted by atomic mass is 32.2. The molecule has 1 aromatic heterocycles. The van der Waals surface area contributed by atoms with Crippen LogP contribution in [0.1, 0.15) is 41.1 Å². The number of hydrogen-bond donors (Lipinski definition) is 1. The van der Waals surface area contributed by atoms with Crippen molar-refractivity contribution >= 4 is 40.9 Å². The van der Waals surface area contributed by atoms with E-state index in [-0.39, 0.29) is 28.7 Å². The molecule has 1 aliphatic rings. The van der Waals surface area contributed by atoms with E-state index in [2.05, 4.69) is 15.5 Å². The lowest BCUT2D eigenvalue weighted by atomic mass is 10.1. The number of thioether (sulfide) groups is 1. The average molecular weight is 481 g/mol. The van der Waals surface area contributed by atoms with Crippen LogP contribution < -0.4 is 10.2 Å². The van der Waals surface area contributed by atoms with Crippen LogP contribution in [-0.2, 0) is 14.3 Å². The van der Waals surface area contributed by atoms with Crippen molar-refractivity contribution in [1.82, 2.24) is 10.2 Å². The normalized spacial score (nSPS) is 15.4. The Labute approximate surface area is 200 Å². The molecule has 0 bridgehead atoms. The van der Waals surface area contributed by atoms with E-state index in [1.807, 2.05) is 31.2 Å². The highest BCUT2D eigenvalue weighted by molar-refractivity contribution is 7.99. The molecule has 1 saturated heterocycles. The Hall–Kier alpha value is -3.66. The smallest absolute Gasteiger partial charge is 0.338 e. The molecule has 0 aliphatic carbocycles. The first-order valence-corrected chi connectivity index (χ1v) is 11.8. The molecule has 0 radical (unpaired) electrons. The van der Waals surface area contributed by atoms with Crippen LogP contribution in [-0.4, -0.2) is 46.9 Å². The number of esters is 1. The average Bonchev–Trinajstić information content (AvgIpc) is 3.46. The molecule has 9 nitrogen and oxygen atoms in total. The molecule has 2 heterocycles. The first-order valence-electron chi connectivity index (χ1n) is 10.8. The monoisotopic (exact) mass is 480 g/mol. The van der Waals surface area contributed by atoms with Crippen LogP contribution in [0.15, 0.2) is 58.2 Å². The summed E-state index contributed by atoms with van der Waals surface area (Å²) >= 11 is 1.12. The fraction of sp³-hybridized carbons (Fsp3) is 0.292. The SMILES string of the molecule is CCOC(=O)c1ccc(NC(=O)CSc2nnc(C3CC(=O)N(c4ccc(C)cc4)C3)o2)cc1. The maximum atomic E-state index is 12.5. The Morgan fingerprint density at radius 3 is 2.59 bits per heavy atom. The summed E-state index contributed by atoms with van der Waals surface area (Å²) in [5, 5.41) is 11.1. The van der Waals surface area contributed by atoms with E-state index >= 15 is 0 Å². The minimum atomic E-state index is -0.408. The van der Waals surface area contributed by atoms with Gasteiger partial charge in [-0.2, -0.15) is 0 Å². The molecule has 34 heavy (non-hydrogen) atoms. The number of nitrogens with one attached hydrogen (secondary N) is 1. The summed E-state index contributed by atoms with van der Waals surface area (Å²) in [6.45, 7) is 4.51. The van der Waals surface area contributed by atoms with Crippen molar-refractivity contribution in [1.29, 1.82) is 0 Å². The fourth-order valence-electron chi connectivity index (χ4n) is 3.52. The molecular weight excluding hydrogens is 456 g/mol. The summed E-state index contributed by atoms with van der Waals surface area (Å²) < 4.78 is 10.7. The van der Waals surface area contributed by atoms with E-state index in [9.17, 15) is 14.4 Å². The fourth-order valence-corrected chi connectivity index (χ4v) is 4.09. The number of carbonyl (C=O) groups excluding carboxylic acids is 3. The molecule has 10 heteroatoms. The Bertz CT molecular complexity index is 1180. The topological polar surface area (TPSA) is 115 Å². The zero-order chi connectivity index (χ0) is 24.1. The number of amides is 2. The van der Waals surface area contributed by atoms with Crippen molar-refractivity contribution in [2.24, 2.45) is 0 Å². The molecule has 176 valence electrons. The van der Waals surface area contributed by atoms with E-state index in [4.69, 9.17) is 9.15 Å². The van der Waals surface area contributed by atoms with E-state index in [1.54, 1.807) is 36.1 Å². The Balaban J connectivity index is 1.28. The largest absolute Gasteiger partial charge is 0.462 e. The van der Waals surface area contributed by atoms with E-state index in [0.29, 0.717) is 36.7 Å². The van der Waals surface area contributed by atoms with Crippen molar-refractivity contribution in [2.45, 2.75) is 31.4 Å². The van der Waals surface area contributed by atoms with Gasteiger partial charge in [0.15, 0.2) is 0 Å². The van der Waals surface area contributed by atoms with Crippen molar-refractivity contribution < 1.29 is 23.5 Å². The number of nitrogens with zero attached hydrogens (tertiary/aromatic N) is 3. The van der Waals surface area contributed by atoms with Gasteiger partial charge in [0, 0.05) is 24.3 Å². The van der Waals surface area contributed by atoms with E-state index in [1.165, 1.54) is 0 Å². The Kier molecular flexibility index (Phi) is 7.27. The van der Waals surface area contributed by atoms with Crippen LogP contribution in [0.5, 0.6) is 0 Å². The second-order valence-corrected chi connectivity index (χ2v) is 8.71. The number of hydrogen-bond acceptors (Lipinski definition) is 8. The van der Waals surface area contributed by atoms with Gasteiger partial charge in [0.25, 0.3) is 5.22 Å². The summed E-state index contributed by atoms with van der Waals surface area (Å²) in [4.78, 5) is 38.2. The summed E-state index contributed by atoms with van der Waals surface area (Å²) in [6, 6.07) is 14.2. The van der Waals surface area contributed by atoms with Crippen LogP contribution in [0, 0.1) is 6.92 Å². The van der Waals surface area contributed by atoms with Gasteiger partial charge in [-0.3, -0.25) is 9.59 Å². The zero-order valence-corrected chi connectivity index (χ0v) is 19.6. The van der Waals surface area contributed by atoms with Crippen molar-refractivity contribution in [2.75, 3.05) is 29.1 Å². The quantitative estimate of drug-likeness (QED) is 0.382. The Morgan fingerprint density at radius 1 is 1.15 bits per heavy atom. The van der Waals surface area contributed by atoms with Crippen molar-refractivity contribution in [3.8, 4) is 0 Å². The minimum Gasteiger partial charge on any atom is -0.462 e. The van der Waals surface area contributed by atoms with Gasteiger partial charge < -0.3 is 19.4 Å². The lowest BCUT2D eigenvalue weighted by Crippen LogP contribution is -2.24. The van der Waals surface area contributed by atoms with Crippen LogP contribution in [0.3, 0.4) is 0 Å². The zero-order valence-electron chi connectivity index (χ0n) is 18.8. The lowest BCUT2D eigenvalue weighted by Gasteiger charge is -2.16. The van der Waals surface area contributed by atoms with Crippen LogP contribution in [0.25, 0.3) is 0 Å². The molecular formula is C24H24N4O5S. The predicted octanol–water partition coefficient (Wildman–Crippen LogP) is 3.81. The first-order chi connectivity index (χ1) is 16.4. The summed E-state index contributed by atoms with van der Waals surface area (Å²) in [6.07, 6.45) is 0.294. The van der Waals surface area contributed by atoms with Crippen LogP contribution in [0.2, 0.25) is 0 Å². The van der Waals surface area contributed by atoms with Gasteiger partial charge in [-0.05, 0) is 50.2 Å². The van der Waals surface area contributed by atoms with Gasteiger partial charge in [-0.1, -0.05) is 29.5 Å². The molecule has 1 atom stereocenters. The number of carbonyl (C=O) groups is 3. The highest BCUT2D eigenvalue weighted by Crippen LogP contribution is 2.32. The highest BCUT2D eigenvalue weighted by Gasteiger charge is 2.35. The second-order valence-electron chi connectivity index (χ2n) is 7.78. The van der Waals surface area contributed by atoms with Gasteiger partial charge in [0.05, 0.1) is 23.8 Å². The molecule has 2 amide bonds. The van der Waals surface area contributed by atoms with Gasteiger partial charge in [-0.25, -0.2) is 4.79 Å². The number of rotatable bonds is 8. The Morgan fingerprint density at radius 2 is 1.88 bits per heavy atom. The molecule has 1 fully saturated rings. The van der Waals surface area contributed by atoms with Crippen molar-refractivity contribution in [3.05, 3.63) is 65.5 Å². The molecule has 1 aliphatic heterocycles. The molecule has 2 aromatic carbocycles. The summed E-state index contributed by atoms with van der Waals surface area (Å²) in [7, 11) is 0. The summed E-state index contributed by atoms with van der Waals surface area (Å²) in [5.74, 6) is -0.387. The molecule has 3 aromatic rings. The second kappa shape index (κ2) is 10.5. The van der Waals surface area contributed by atoms with Crippen LogP contribution in [0.4, 0.5) is 11.4 Å². The van der Waals surface area contributed by atoms with E-state index < -0.39 is 5.97 Å². The number of aryl methyl sites for hydroxylation is 1. The van der Waals surface area contributed by atoms with Gasteiger partial charge in [0.1, 0.15) is 0 Å². The molecule has 4 rings (SSSR count). The first kappa shape index (κ1) is 23.5. The number of ether oxygens (including phenoxy) is 1. The number of aromatic nitrogens is 2. The number of benzene rings is 2. The standard InChI is InChI=1S/C24H24N4O5S/c1-3-32-23(31)16-6-8-18(9-7-16)25-20(29)14-34-24-27-26-22(33-24)17-12-21(30)28(13-17)19-10-4-15(2)5-11-19/h4-11,17H,3,12-14H2,1-2H3,(H,25,29). The molecule has 1 unspecified atom stereocenters. The molecule has 1 N–H and O–H groups in total. The predicted molar refractivity (Wildman–Crippen MR) is 127 cm³/mol. The third-order valence-corrected chi connectivity index (χ3v) is 6.07. The minimum absolute atomic E-state index is 0.00890. The van der Waals surface area contributed by atoms with Crippen molar-refractivity contribution in [3.63, 3.8) is 0 Å². The maximum Gasteiger partial charge on any atom is 0.338 e. The number of anilines is 2. The van der Waals surface area contributed by atoms with Crippen LogP contribution >= 0.6 is 11.8 Å². The van der Waals surface area contributed by atoms with E-state index in [0.717, 1.165) is 23.0 Å². The third-order valence-electron chi connectivity index (χ3n) is 5.25. The van der Waals surface area contributed by atoms with Gasteiger partial charge >= 0.3 is 5.97 Å². The van der Waals surface area contributed by atoms with Gasteiger partial charge in [-0.15, -0.1) is 10.2 Å². The van der Waals surface area contributed by atoms with Gasteiger partial charge in [0.2, 0.25) is 17.7 Å². The summed E-state index contributed by atoms with van der Waals surface area (Å²) in [5.41, 5.74) is 2.95. The maximum absolute atomic E-state index is 12.5. The third kappa shape index (κ3) is 5.63. The molecule has 0 spiro atoms.